The van der Waals surface area contributed by atoms with Crippen LogP contribution >= 0.6 is 11.6 Å². The van der Waals surface area contributed by atoms with Gasteiger partial charge in [-0.05, 0) is 30.4 Å². The lowest BCUT2D eigenvalue weighted by Crippen LogP contribution is -2.42. The summed E-state index contributed by atoms with van der Waals surface area (Å²) in [6.07, 6.45) is 3.29. The highest BCUT2D eigenvalue weighted by atomic mass is 35.5. The van der Waals surface area contributed by atoms with Crippen molar-refractivity contribution in [2.75, 3.05) is 25.5 Å². The SMILES string of the molecule is CCC1(C)CCN(C(=O)c2cc(Cl)nc(NC)c2)CC1. The molecule has 1 aromatic heterocycles. The molecule has 1 fully saturated rings. The van der Waals surface area contributed by atoms with Crippen molar-refractivity contribution in [3.63, 3.8) is 0 Å². The predicted octanol–water partition coefficient (Wildman–Crippen LogP) is 3.43. The fraction of sp³-hybridized carbons (Fsp3) is 0.600. The summed E-state index contributed by atoms with van der Waals surface area (Å²) in [5, 5.41) is 3.27. The molecule has 0 spiro atoms. The fourth-order valence-corrected chi connectivity index (χ4v) is 2.74. The Hall–Kier alpha value is -1.29. The van der Waals surface area contributed by atoms with E-state index in [4.69, 9.17) is 11.6 Å². The van der Waals surface area contributed by atoms with Gasteiger partial charge in [-0.3, -0.25) is 4.79 Å². The zero-order valence-electron chi connectivity index (χ0n) is 12.4. The van der Waals surface area contributed by atoms with E-state index >= 15 is 0 Å². The van der Waals surface area contributed by atoms with E-state index in [2.05, 4.69) is 24.1 Å². The molecule has 1 amide bonds. The molecule has 0 radical (unpaired) electrons. The Balaban J connectivity index is 2.11. The Kier molecular flexibility index (Phi) is 4.53. The lowest BCUT2D eigenvalue weighted by Gasteiger charge is -2.39. The lowest BCUT2D eigenvalue weighted by atomic mass is 9.78. The summed E-state index contributed by atoms with van der Waals surface area (Å²) in [7, 11) is 1.76. The van der Waals surface area contributed by atoms with Crippen molar-refractivity contribution in [2.24, 2.45) is 5.41 Å². The number of carbonyl (C=O) groups is 1. The minimum absolute atomic E-state index is 0.0453. The van der Waals surface area contributed by atoms with Gasteiger partial charge in [-0.15, -0.1) is 0 Å². The van der Waals surface area contributed by atoms with Crippen LogP contribution in [0.25, 0.3) is 0 Å². The first-order chi connectivity index (χ1) is 9.47. The maximum absolute atomic E-state index is 12.5. The second-order valence-electron chi connectivity index (χ2n) is 5.77. The van der Waals surface area contributed by atoms with Gasteiger partial charge >= 0.3 is 0 Å². The summed E-state index contributed by atoms with van der Waals surface area (Å²) in [5.74, 6) is 0.667. The molecule has 1 N–H and O–H groups in total. The average Bonchev–Trinajstić information content (AvgIpc) is 2.46. The van der Waals surface area contributed by atoms with Crippen molar-refractivity contribution in [1.29, 1.82) is 0 Å². The highest BCUT2D eigenvalue weighted by Crippen LogP contribution is 2.34. The molecular weight excluding hydrogens is 274 g/mol. The van der Waals surface area contributed by atoms with Crippen LogP contribution in [0.1, 0.15) is 43.5 Å². The van der Waals surface area contributed by atoms with Gasteiger partial charge in [0.15, 0.2) is 0 Å². The highest BCUT2D eigenvalue weighted by Gasteiger charge is 2.30. The number of hydrogen-bond donors (Lipinski definition) is 1. The van der Waals surface area contributed by atoms with Crippen molar-refractivity contribution >= 4 is 23.3 Å². The number of pyridine rings is 1. The van der Waals surface area contributed by atoms with Crippen LogP contribution < -0.4 is 5.32 Å². The molecular formula is C15H22ClN3O. The maximum atomic E-state index is 12.5. The van der Waals surface area contributed by atoms with Gasteiger partial charge in [0.05, 0.1) is 0 Å². The normalized spacial score (nSPS) is 17.9. The smallest absolute Gasteiger partial charge is 0.254 e. The molecule has 2 rings (SSSR count). The number of piperidine rings is 1. The minimum Gasteiger partial charge on any atom is -0.373 e. The molecule has 1 aromatic rings. The number of halogens is 1. The van der Waals surface area contributed by atoms with Gasteiger partial charge in [-0.25, -0.2) is 4.98 Å². The zero-order chi connectivity index (χ0) is 14.8. The van der Waals surface area contributed by atoms with E-state index in [-0.39, 0.29) is 5.91 Å². The van der Waals surface area contributed by atoms with Gasteiger partial charge in [-0.2, -0.15) is 0 Å². The van der Waals surface area contributed by atoms with E-state index in [1.165, 1.54) is 6.42 Å². The first-order valence-electron chi connectivity index (χ1n) is 7.12. The van der Waals surface area contributed by atoms with Crippen LogP contribution in [0.4, 0.5) is 5.82 Å². The molecule has 110 valence electrons. The topological polar surface area (TPSA) is 45.2 Å². The number of likely N-dealkylation sites (tertiary alicyclic amines) is 1. The molecule has 0 unspecified atom stereocenters. The molecule has 1 aliphatic rings. The summed E-state index contributed by atoms with van der Waals surface area (Å²) in [6.45, 7) is 6.16. The molecule has 20 heavy (non-hydrogen) atoms. The van der Waals surface area contributed by atoms with E-state index in [0.29, 0.717) is 21.9 Å². The molecule has 2 heterocycles. The van der Waals surface area contributed by atoms with Gasteiger partial charge in [0.2, 0.25) is 0 Å². The first-order valence-corrected chi connectivity index (χ1v) is 7.50. The predicted molar refractivity (Wildman–Crippen MR) is 82.3 cm³/mol. The van der Waals surface area contributed by atoms with Crippen molar-refractivity contribution in [3.05, 3.63) is 22.8 Å². The quantitative estimate of drug-likeness (QED) is 0.869. The van der Waals surface area contributed by atoms with Gasteiger partial charge in [-0.1, -0.05) is 31.9 Å². The van der Waals surface area contributed by atoms with Crippen LogP contribution in [0.15, 0.2) is 12.1 Å². The van der Waals surface area contributed by atoms with Gasteiger partial charge in [0.25, 0.3) is 5.91 Å². The van der Waals surface area contributed by atoms with Gasteiger partial charge in [0, 0.05) is 25.7 Å². The largest absolute Gasteiger partial charge is 0.373 e. The standard InChI is InChI=1S/C15H22ClN3O/c1-4-15(2)5-7-19(8-6-15)14(20)11-9-12(16)18-13(10-11)17-3/h9-10H,4-8H2,1-3H3,(H,17,18). The first kappa shape index (κ1) is 15.1. The van der Waals surface area contributed by atoms with Gasteiger partial charge in [0.1, 0.15) is 11.0 Å². The number of amides is 1. The molecule has 5 heteroatoms. The summed E-state index contributed by atoms with van der Waals surface area (Å²) >= 11 is 5.96. The maximum Gasteiger partial charge on any atom is 0.254 e. The van der Waals surface area contributed by atoms with Crippen molar-refractivity contribution in [1.82, 2.24) is 9.88 Å². The Bertz CT molecular complexity index is 496. The third kappa shape index (κ3) is 3.23. The molecule has 4 nitrogen and oxygen atoms in total. The van der Waals surface area contributed by atoms with Crippen molar-refractivity contribution in [3.8, 4) is 0 Å². The minimum atomic E-state index is 0.0453. The highest BCUT2D eigenvalue weighted by molar-refractivity contribution is 6.29. The molecule has 0 bridgehead atoms. The van der Waals surface area contributed by atoms with Crippen LogP contribution in [0.3, 0.4) is 0 Å². The van der Waals surface area contributed by atoms with Crippen LogP contribution in [0.5, 0.6) is 0 Å². The van der Waals surface area contributed by atoms with E-state index in [1.54, 1.807) is 19.2 Å². The van der Waals surface area contributed by atoms with E-state index in [9.17, 15) is 4.79 Å². The zero-order valence-corrected chi connectivity index (χ0v) is 13.1. The van der Waals surface area contributed by atoms with E-state index in [1.807, 2.05) is 4.90 Å². The molecule has 0 atom stereocenters. The van der Waals surface area contributed by atoms with Gasteiger partial charge < -0.3 is 10.2 Å². The number of carbonyl (C=O) groups excluding carboxylic acids is 1. The van der Waals surface area contributed by atoms with E-state index < -0.39 is 0 Å². The van der Waals surface area contributed by atoms with Crippen LogP contribution in [0, 0.1) is 5.41 Å². The summed E-state index contributed by atoms with van der Waals surface area (Å²) in [6, 6.07) is 3.39. The fourth-order valence-electron chi connectivity index (χ4n) is 2.53. The lowest BCUT2D eigenvalue weighted by molar-refractivity contribution is 0.0600. The molecule has 0 aliphatic carbocycles. The number of aromatic nitrogens is 1. The van der Waals surface area contributed by atoms with Crippen molar-refractivity contribution < 1.29 is 4.79 Å². The third-order valence-electron chi connectivity index (χ3n) is 4.41. The second-order valence-corrected chi connectivity index (χ2v) is 6.16. The number of nitrogens with one attached hydrogen (secondary N) is 1. The molecule has 0 aromatic carbocycles. The number of hydrogen-bond acceptors (Lipinski definition) is 3. The summed E-state index contributed by atoms with van der Waals surface area (Å²) < 4.78 is 0. The van der Waals surface area contributed by atoms with E-state index in [0.717, 1.165) is 25.9 Å². The Morgan fingerprint density at radius 1 is 1.45 bits per heavy atom. The molecule has 0 saturated carbocycles. The molecule has 1 aliphatic heterocycles. The number of nitrogens with zero attached hydrogens (tertiary/aromatic N) is 2. The number of anilines is 1. The molecule has 1 saturated heterocycles. The Labute approximate surface area is 125 Å². The third-order valence-corrected chi connectivity index (χ3v) is 4.60. The average molecular weight is 296 g/mol. The van der Waals surface area contributed by atoms with Crippen LogP contribution in [-0.2, 0) is 0 Å². The van der Waals surface area contributed by atoms with Crippen molar-refractivity contribution in [2.45, 2.75) is 33.1 Å². The summed E-state index contributed by atoms with van der Waals surface area (Å²) in [4.78, 5) is 18.6. The summed E-state index contributed by atoms with van der Waals surface area (Å²) in [5.41, 5.74) is 0.984. The Morgan fingerprint density at radius 3 is 2.65 bits per heavy atom. The van der Waals surface area contributed by atoms with Crippen LogP contribution in [0.2, 0.25) is 5.15 Å². The Morgan fingerprint density at radius 2 is 2.10 bits per heavy atom. The van der Waals surface area contributed by atoms with Crippen LogP contribution in [-0.4, -0.2) is 35.9 Å². The monoisotopic (exact) mass is 295 g/mol. The second kappa shape index (κ2) is 6.00. The number of rotatable bonds is 3.